The van der Waals surface area contributed by atoms with Crippen LogP contribution in [0.3, 0.4) is 0 Å². The lowest BCUT2D eigenvalue weighted by atomic mass is 10.6. The number of hydrogen-bond donors (Lipinski definition) is 0. The van der Waals surface area contributed by atoms with E-state index in [1.54, 1.807) is 21.0 Å². The predicted molar refractivity (Wildman–Crippen MR) is 61.0 cm³/mol. The molecule has 0 heterocycles. The van der Waals surface area contributed by atoms with Crippen LogP contribution in [-0.4, -0.2) is 58.4 Å². The Morgan fingerprint density at radius 1 is 1.25 bits per heavy atom. The molecular formula is C9H18N2O4S. The Bertz CT molecular complexity index is 371. The maximum absolute atomic E-state index is 11.8. The largest absolute Gasteiger partial charge is 0.462 e. The Balaban J connectivity index is 5.37. The Kier molecular flexibility index (Phi) is 5.46. The number of ether oxygens (including phenoxy) is 1. The van der Waals surface area contributed by atoms with Crippen LogP contribution >= 0.6 is 0 Å². The van der Waals surface area contributed by atoms with Crippen LogP contribution in [0.2, 0.25) is 0 Å². The van der Waals surface area contributed by atoms with Gasteiger partial charge in [0, 0.05) is 34.4 Å². The molecule has 0 atom stereocenters. The van der Waals surface area contributed by atoms with E-state index < -0.39 is 16.0 Å². The third kappa shape index (κ3) is 3.82. The third-order valence-corrected chi connectivity index (χ3v) is 3.40. The van der Waals surface area contributed by atoms with Crippen molar-refractivity contribution in [3.05, 3.63) is 11.1 Å². The molecule has 16 heavy (non-hydrogen) atoms. The fourth-order valence-corrected chi connectivity index (χ4v) is 1.87. The summed E-state index contributed by atoms with van der Waals surface area (Å²) in [5, 5.41) is 0. The van der Waals surface area contributed by atoms with Crippen molar-refractivity contribution in [3.63, 3.8) is 0 Å². The smallest absolute Gasteiger partial charge is 0.352 e. The van der Waals surface area contributed by atoms with E-state index in [1.807, 2.05) is 0 Å². The third-order valence-electron chi connectivity index (χ3n) is 1.61. The highest BCUT2D eigenvalue weighted by Crippen LogP contribution is 2.12. The molecule has 0 bridgehead atoms. The molecule has 0 amide bonds. The van der Waals surface area contributed by atoms with Gasteiger partial charge < -0.3 is 9.64 Å². The second-order valence-corrected chi connectivity index (χ2v) is 5.59. The van der Waals surface area contributed by atoms with Crippen LogP contribution in [0, 0.1) is 0 Å². The summed E-state index contributed by atoms with van der Waals surface area (Å²) in [6, 6.07) is 0. The maximum atomic E-state index is 11.8. The van der Waals surface area contributed by atoms with Crippen LogP contribution in [0.1, 0.15) is 6.92 Å². The molecule has 0 N–H and O–H groups in total. The van der Waals surface area contributed by atoms with Gasteiger partial charge in [0.25, 0.3) is 10.0 Å². The van der Waals surface area contributed by atoms with Gasteiger partial charge in [0.1, 0.15) is 0 Å². The van der Waals surface area contributed by atoms with Crippen molar-refractivity contribution in [1.82, 2.24) is 9.21 Å². The molecule has 94 valence electrons. The Hall–Kier alpha value is -1.08. The number of rotatable bonds is 5. The minimum Gasteiger partial charge on any atom is -0.462 e. The first-order valence-corrected chi connectivity index (χ1v) is 6.15. The van der Waals surface area contributed by atoms with E-state index in [-0.39, 0.29) is 11.5 Å². The van der Waals surface area contributed by atoms with Gasteiger partial charge in [0.2, 0.25) is 0 Å². The number of sulfonamides is 1. The van der Waals surface area contributed by atoms with Crippen molar-refractivity contribution < 1.29 is 17.9 Å². The molecule has 0 aliphatic carbocycles. The topological polar surface area (TPSA) is 66.9 Å². The fourth-order valence-electron chi connectivity index (χ4n) is 0.858. The van der Waals surface area contributed by atoms with Crippen LogP contribution < -0.4 is 0 Å². The molecule has 0 aromatic carbocycles. The average molecular weight is 250 g/mol. The Labute approximate surface area is 96.5 Å². The van der Waals surface area contributed by atoms with E-state index in [1.165, 1.54) is 25.2 Å². The van der Waals surface area contributed by atoms with Gasteiger partial charge in [0.15, 0.2) is 4.91 Å². The van der Waals surface area contributed by atoms with Crippen LogP contribution in [0.25, 0.3) is 0 Å². The SMILES string of the molecule is CCOC(=O)/C(=C/N(C)C)S(=O)(=O)N(C)C. The van der Waals surface area contributed by atoms with E-state index >= 15 is 0 Å². The zero-order valence-electron chi connectivity index (χ0n) is 10.2. The molecule has 0 radical (unpaired) electrons. The predicted octanol–water partition coefficient (Wildman–Crippen LogP) is -0.156. The second-order valence-electron chi connectivity index (χ2n) is 3.46. The number of carbonyl (C=O) groups excluding carboxylic acids is 1. The van der Waals surface area contributed by atoms with E-state index in [2.05, 4.69) is 0 Å². The van der Waals surface area contributed by atoms with Gasteiger partial charge in [-0.1, -0.05) is 0 Å². The molecule has 0 saturated carbocycles. The van der Waals surface area contributed by atoms with Crippen molar-refractivity contribution in [3.8, 4) is 0 Å². The zero-order chi connectivity index (χ0) is 12.9. The quantitative estimate of drug-likeness (QED) is 0.501. The van der Waals surface area contributed by atoms with Crippen LogP contribution in [-0.2, 0) is 19.6 Å². The normalized spacial score (nSPS) is 12.8. The molecular weight excluding hydrogens is 232 g/mol. The van der Waals surface area contributed by atoms with Gasteiger partial charge in [-0.2, -0.15) is 0 Å². The summed E-state index contributed by atoms with van der Waals surface area (Å²) >= 11 is 0. The molecule has 6 nitrogen and oxygen atoms in total. The molecule has 0 unspecified atom stereocenters. The van der Waals surface area contributed by atoms with Gasteiger partial charge in [-0.05, 0) is 6.92 Å². The standard InChI is InChI=1S/C9H18N2O4S/c1-6-15-9(12)8(7-10(2)3)16(13,14)11(4)5/h7H,6H2,1-5H3/b8-7-. The lowest BCUT2D eigenvalue weighted by Crippen LogP contribution is -2.29. The van der Waals surface area contributed by atoms with E-state index in [0.717, 1.165) is 4.31 Å². The highest BCUT2D eigenvalue weighted by atomic mass is 32.2. The van der Waals surface area contributed by atoms with E-state index in [0.29, 0.717) is 0 Å². The summed E-state index contributed by atoms with van der Waals surface area (Å²) in [5.41, 5.74) is 0. The molecule has 0 rings (SSSR count). The van der Waals surface area contributed by atoms with E-state index in [4.69, 9.17) is 4.74 Å². The van der Waals surface area contributed by atoms with Crippen molar-refractivity contribution in [2.24, 2.45) is 0 Å². The maximum Gasteiger partial charge on any atom is 0.352 e. The molecule has 0 fully saturated rings. The summed E-state index contributed by atoms with van der Waals surface area (Å²) < 4.78 is 29.3. The fraction of sp³-hybridized carbons (Fsp3) is 0.667. The van der Waals surface area contributed by atoms with Crippen LogP contribution in [0.5, 0.6) is 0 Å². The first-order chi connectivity index (χ1) is 7.23. The molecule has 0 spiro atoms. The van der Waals surface area contributed by atoms with Crippen molar-refractivity contribution in [2.45, 2.75) is 6.92 Å². The highest BCUT2D eigenvalue weighted by Gasteiger charge is 2.28. The Morgan fingerprint density at radius 2 is 1.75 bits per heavy atom. The molecule has 0 aromatic rings. The molecule has 0 saturated heterocycles. The molecule has 0 aliphatic heterocycles. The van der Waals surface area contributed by atoms with Gasteiger partial charge in [-0.3, -0.25) is 0 Å². The Morgan fingerprint density at radius 3 is 2.06 bits per heavy atom. The number of esters is 1. The summed E-state index contributed by atoms with van der Waals surface area (Å²) in [5.74, 6) is -0.843. The van der Waals surface area contributed by atoms with Crippen molar-refractivity contribution in [1.29, 1.82) is 0 Å². The number of nitrogens with zero attached hydrogens (tertiary/aromatic N) is 2. The number of carbonyl (C=O) groups is 1. The molecule has 0 aromatic heterocycles. The zero-order valence-corrected chi connectivity index (χ0v) is 11.0. The highest BCUT2D eigenvalue weighted by molar-refractivity contribution is 7.93. The summed E-state index contributed by atoms with van der Waals surface area (Å²) in [4.78, 5) is 12.6. The molecule has 7 heteroatoms. The van der Waals surface area contributed by atoms with Crippen molar-refractivity contribution >= 4 is 16.0 Å². The number of hydrogen-bond acceptors (Lipinski definition) is 5. The minimum atomic E-state index is -3.78. The van der Waals surface area contributed by atoms with Crippen molar-refractivity contribution in [2.75, 3.05) is 34.8 Å². The first kappa shape index (κ1) is 14.9. The van der Waals surface area contributed by atoms with Crippen LogP contribution in [0.4, 0.5) is 0 Å². The van der Waals surface area contributed by atoms with Gasteiger partial charge in [0.05, 0.1) is 6.61 Å². The monoisotopic (exact) mass is 250 g/mol. The van der Waals surface area contributed by atoms with Gasteiger partial charge in [-0.15, -0.1) is 0 Å². The van der Waals surface area contributed by atoms with Gasteiger partial charge >= 0.3 is 5.97 Å². The van der Waals surface area contributed by atoms with E-state index in [9.17, 15) is 13.2 Å². The lowest BCUT2D eigenvalue weighted by Gasteiger charge is -2.15. The van der Waals surface area contributed by atoms with Crippen LogP contribution in [0.15, 0.2) is 11.1 Å². The average Bonchev–Trinajstić information content (AvgIpc) is 2.13. The molecule has 0 aliphatic rings. The minimum absolute atomic E-state index is 0.131. The van der Waals surface area contributed by atoms with Gasteiger partial charge in [-0.25, -0.2) is 17.5 Å². The summed E-state index contributed by atoms with van der Waals surface area (Å²) in [7, 11) is 2.20. The summed E-state index contributed by atoms with van der Waals surface area (Å²) in [6.07, 6.45) is 1.23. The second kappa shape index (κ2) is 5.86. The first-order valence-electron chi connectivity index (χ1n) is 4.71. The summed E-state index contributed by atoms with van der Waals surface area (Å²) in [6.45, 7) is 1.75. The lowest BCUT2D eigenvalue weighted by molar-refractivity contribution is -0.137.